The van der Waals surface area contributed by atoms with Crippen molar-refractivity contribution in [3.05, 3.63) is 33.3 Å². The predicted octanol–water partition coefficient (Wildman–Crippen LogP) is 3.22. The van der Waals surface area contributed by atoms with Crippen LogP contribution in [0, 0.1) is 20.8 Å². The van der Waals surface area contributed by atoms with Crippen LogP contribution < -0.4 is 11.1 Å². The number of hydrogen-bond donors (Lipinski definition) is 2. The maximum Gasteiger partial charge on any atom is 0.134 e. The average Bonchev–Trinajstić information content (AvgIpc) is 2.64. The second-order valence-corrected chi connectivity index (χ2v) is 5.93. The second-order valence-electron chi connectivity index (χ2n) is 4.47. The van der Waals surface area contributed by atoms with Crippen LogP contribution in [0.3, 0.4) is 0 Å². The summed E-state index contributed by atoms with van der Waals surface area (Å²) in [6.45, 7) is 8.33. The number of rotatable bonds is 3. The van der Waals surface area contributed by atoms with E-state index < -0.39 is 0 Å². The molecule has 4 nitrogen and oxygen atoms in total. The van der Waals surface area contributed by atoms with E-state index >= 15 is 0 Å². The van der Waals surface area contributed by atoms with Gasteiger partial charge in [-0.05, 0) is 39.3 Å². The summed E-state index contributed by atoms with van der Waals surface area (Å²) in [4.78, 5) is 10.9. The highest BCUT2D eigenvalue weighted by Crippen LogP contribution is 2.29. The largest absolute Gasteiger partial charge is 0.383 e. The molecular formula is C13H18N4S. The molecule has 2 rings (SSSR count). The van der Waals surface area contributed by atoms with E-state index in [1.807, 2.05) is 18.3 Å². The van der Waals surface area contributed by atoms with E-state index in [1.54, 1.807) is 0 Å². The predicted molar refractivity (Wildman–Crippen MR) is 77.0 cm³/mol. The van der Waals surface area contributed by atoms with Gasteiger partial charge in [-0.1, -0.05) is 0 Å². The van der Waals surface area contributed by atoms with Gasteiger partial charge in [-0.2, -0.15) is 0 Å². The monoisotopic (exact) mass is 262 g/mol. The third-order valence-electron chi connectivity index (χ3n) is 3.02. The van der Waals surface area contributed by atoms with Crippen molar-refractivity contribution in [3.63, 3.8) is 0 Å². The van der Waals surface area contributed by atoms with Gasteiger partial charge >= 0.3 is 0 Å². The lowest BCUT2D eigenvalue weighted by molar-refractivity contribution is 0.866. The summed E-state index contributed by atoms with van der Waals surface area (Å²) in [6.07, 6.45) is 1.49. The standard InChI is InChI=1S/C13H18N4S/c1-7-5-11(10(4)18-7)9(3)17-13-8(2)12(14)15-6-16-13/h5-6,9H,1-4H3,(H3,14,15,16,17). The number of nitrogens with zero attached hydrogens (tertiary/aromatic N) is 2. The summed E-state index contributed by atoms with van der Waals surface area (Å²) in [6, 6.07) is 2.43. The maximum atomic E-state index is 5.78. The summed E-state index contributed by atoms with van der Waals surface area (Å²) >= 11 is 1.82. The summed E-state index contributed by atoms with van der Waals surface area (Å²) in [5.41, 5.74) is 7.99. The van der Waals surface area contributed by atoms with Gasteiger partial charge in [0.05, 0.1) is 6.04 Å². The number of aromatic nitrogens is 2. The Labute approximate surface area is 111 Å². The van der Waals surface area contributed by atoms with E-state index in [0.29, 0.717) is 5.82 Å². The Hall–Kier alpha value is -1.62. The summed E-state index contributed by atoms with van der Waals surface area (Å²) < 4.78 is 0. The van der Waals surface area contributed by atoms with E-state index in [0.717, 1.165) is 11.4 Å². The molecule has 2 heterocycles. The van der Waals surface area contributed by atoms with Crippen LogP contribution in [0.5, 0.6) is 0 Å². The third-order valence-corrected chi connectivity index (χ3v) is 4.00. The summed E-state index contributed by atoms with van der Waals surface area (Å²) in [5.74, 6) is 1.33. The number of nitrogen functional groups attached to an aromatic ring is 1. The minimum atomic E-state index is 0.211. The molecule has 0 aromatic carbocycles. The minimum absolute atomic E-state index is 0.211. The van der Waals surface area contributed by atoms with Crippen molar-refractivity contribution < 1.29 is 0 Å². The van der Waals surface area contributed by atoms with Gasteiger partial charge in [-0.3, -0.25) is 0 Å². The van der Waals surface area contributed by atoms with Gasteiger partial charge in [0.2, 0.25) is 0 Å². The maximum absolute atomic E-state index is 5.78. The molecule has 0 amide bonds. The van der Waals surface area contributed by atoms with Gasteiger partial charge in [0.25, 0.3) is 0 Å². The fraction of sp³-hybridized carbons (Fsp3) is 0.385. The van der Waals surface area contributed by atoms with E-state index in [4.69, 9.17) is 5.73 Å². The van der Waals surface area contributed by atoms with E-state index in [1.165, 1.54) is 21.6 Å². The first-order valence-electron chi connectivity index (χ1n) is 5.89. The lowest BCUT2D eigenvalue weighted by Crippen LogP contribution is -2.10. The normalized spacial score (nSPS) is 12.4. The first-order chi connectivity index (χ1) is 8.49. The number of aryl methyl sites for hydroxylation is 2. The Morgan fingerprint density at radius 1 is 1.28 bits per heavy atom. The number of anilines is 2. The number of thiophene rings is 1. The van der Waals surface area contributed by atoms with Gasteiger partial charge < -0.3 is 11.1 Å². The van der Waals surface area contributed by atoms with Gasteiger partial charge in [0.15, 0.2) is 0 Å². The first-order valence-corrected chi connectivity index (χ1v) is 6.71. The van der Waals surface area contributed by atoms with Gasteiger partial charge in [-0.25, -0.2) is 9.97 Å². The highest BCUT2D eigenvalue weighted by molar-refractivity contribution is 7.12. The molecule has 2 aromatic heterocycles. The molecular weight excluding hydrogens is 244 g/mol. The van der Waals surface area contributed by atoms with Crippen LogP contribution in [0.4, 0.5) is 11.6 Å². The summed E-state index contributed by atoms with van der Waals surface area (Å²) in [5, 5.41) is 3.40. The smallest absolute Gasteiger partial charge is 0.134 e. The van der Waals surface area contributed by atoms with Crippen LogP contribution in [0.25, 0.3) is 0 Å². The minimum Gasteiger partial charge on any atom is -0.383 e. The zero-order valence-corrected chi connectivity index (χ0v) is 11.9. The molecule has 0 bridgehead atoms. The topological polar surface area (TPSA) is 63.8 Å². The number of nitrogens with two attached hydrogens (primary N) is 1. The first kappa shape index (κ1) is 12.8. The molecule has 18 heavy (non-hydrogen) atoms. The van der Waals surface area contributed by atoms with Crippen LogP contribution in [-0.4, -0.2) is 9.97 Å². The molecule has 0 aliphatic carbocycles. The fourth-order valence-electron chi connectivity index (χ4n) is 1.97. The van der Waals surface area contributed by atoms with Crippen molar-refractivity contribution in [3.8, 4) is 0 Å². The molecule has 1 atom stereocenters. The molecule has 2 aromatic rings. The average molecular weight is 262 g/mol. The Morgan fingerprint density at radius 3 is 2.61 bits per heavy atom. The Balaban J connectivity index is 2.24. The van der Waals surface area contributed by atoms with Crippen molar-refractivity contribution in [2.75, 3.05) is 11.1 Å². The van der Waals surface area contributed by atoms with Crippen LogP contribution in [0.2, 0.25) is 0 Å². The van der Waals surface area contributed by atoms with Gasteiger partial charge in [-0.15, -0.1) is 11.3 Å². The zero-order chi connectivity index (χ0) is 13.3. The van der Waals surface area contributed by atoms with Crippen molar-refractivity contribution in [1.29, 1.82) is 0 Å². The van der Waals surface area contributed by atoms with Crippen LogP contribution in [0.1, 0.15) is 33.8 Å². The molecule has 0 radical (unpaired) electrons. The zero-order valence-electron chi connectivity index (χ0n) is 11.1. The van der Waals surface area contributed by atoms with Crippen molar-refractivity contribution >= 4 is 23.0 Å². The molecule has 3 N–H and O–H groups in total. The lowest BCUT2D eigenvalue weighted by Gasteiger charge is -2.16. The van der Waals surface area contributed by atoms with Gasteiger partial charge in [0.1, 0.15) is 18.0 Å². The molecule has 96 valence electrons. The van der Waals surface area contributed by atoms with Gasteiger partial charge in [0, 0.05) is 15.3 Å². The SMILES string of the molecule is Cc1cc(C(C)Nc2ncnc(N)c2C)c(C)s1. The molecule has 0 saturated heterocycles. The number of nitrogens with one attached hydrogen (secondary N) is 1. The van der Waals surface area contributed by atoms with E-state index in [9.17, 15) is 0 Å². The van der Waals surface area contributed by atoms with Crippen molar-refractivity contribution in [2.24, 2.45) is 0 Å². The van der Waals surface area contributed by atoms with Crippen LogP contribution in [-0.2, 0) is 0 Å². The molecule has 0 spiro atoms. The quantitative estimate of drug-likeness (QED) is 0.891. The van der Waals surface area contributed by atoms with Crippen LogP contribution >= 0.6 is 11.3 Å². The molecule has 0 aliphatic rings. The third kappa shape index (κ3) is 2.46. The summed E-state index contributed by atoms with van der Waals surface area (Å²) in [7, 11) is 0. The van der Waals surface area contributed by atoms with Crippen molar-refractivity contribution in [1.82, 2.24) is 9.97 Å². The second kappa shape index (κ2) is 4.94. The molecule has 0 saturated carbocycles. The Morgan fingerprint density at radius 2 is 2.00 bits per heavy atom. The molecule has 0 aliphatic heterocycles. The number of hydrogen-bond acceptors (Lipinski definition) is 5. The lowest BCUT2D eigenvalue weighted by atomic mass is 10.1. The fourth-order valence-corrected chi connectivity index (χ4v) is 2.99. The van der Waals surface area contributed by atoms with Crippen molar-refractivity contribution in [2.45, 2.75) is 33.7 Å². The highest BCUT2D eigenvalue weighted by atomic mass is 32.1. The molecule has 5 heteroatoms. The Kier molecular flexibility index (Phi) is 3.52. The van der Waals surface area contributed by atoms with E-state index in [2.05, 4.69) is 42.1 Å². The highest BCUT2D eigenvalue weighted by Gasteiger charge is 2.13. The van der Waals surface area contributed by atoms with E-state index in [-0.39, 0.29) is 6.04 Å². The Bertz CT molecular complexity index is 562. The molecule has 0 fully saturated rings. The van der Waals surface area contributed by atoms with Crippen LogP contribution in [0.15, 0.2) is 12.4 Å². The molecule has 1 unspecified atom stereocenters.